The minimum atomic E-state index is -0.370. The van der Waals surface area contributed by atoms with Crippen LogP contribution in [0.3, 0.4) is 0 Å². The van der Waals surface area contributed by atoms with Crippen LogP contribution >= 0.6 is 0 Å². The Morgan fingerprint density at radius 1 is 1.22 bits per heavy atom. The third-order valence-corrected chi connectivity index (χ3v) is 2.20. The van der Waals surface area contributed by atoms with E-state index in [4.69, 9.17) is 9.47 Å². The summed E-state index contributed by atoms with van der Waals surface area (Å²) in [5, 5.41) is 0. The first-order valence-corrected chi connectivity index (χ1v) is 5.59. The van der Waals surface area contributed by atoms with Gasteiger partial charge in [0, 0.05) is 20.3 Å². The summed E-state index contributed by atoms with van der Waals surface area (Å²) in [6, 6.07) is 6.84. The minimum Gasteiger partial charge on any atom is -0.457 e. The normalized spacial score (nSPS) is 11.4. The molecule has 1 atom stereocenters. The second kappa shape index (κ2) is 6.59. The topological polar surface area (TPSA) is 52.6 Å². The molecule has 0 heterocycles. The van der Waals surface area contributed by atoms with Crippen molar-refractivity contribution < 1.29 is 19.1 Å². The monoisotopic (exact) mass is 248 g/mol. The molecule has 0 spiro atoms. The standard InChI is InChI=1S/C14H16O4/c1-4-5-14(18-11(3)16)12-6-8-13(9-7-12)17-10(2)15/h4,6-9,14H,1,5H2,2-3H3/t14-/m0/s1. The van der Waals surface area contributed by atoms with Crippen molar-refractivity contribution in [2.45, 2.75) is 26.4 Å². The first kappa shape index (κ1) is 14.0. The van der Waals surface area contributed by atoms with Gasteiger partial charge < -0.3 is 9.47 Å². The first-order valence-electron chi connectivity index (χ1n) is 5.59. The molecule has 0 saturated heterocycles. The molecule has 0 unspecified atom stereocenters. The smallest absolute Gasteiger partial charge is 0.308 e. The molecule has 0 amide bonds. The molecule has 0 aliphatic heterocycles. The van der Waals surface area contributed by atoms with Gasteiger partial charge in [0.1, 0.15) is 11.9 Å². The fourth-order valence-electron chi connectivity index (χ4n) is 1.52. The van der Waals surface area contributed by atoms with Gasteiger partial charge in [0.2, 0.25) is 0 Å². The number of esters is 2. The van der Waals surface area contributed by atoms with E-state index in [1.807, 2.05) is 0 Å². The van der Waals surface area contributed by atoms with Crippen LogP contribution in [0.1, 0.15) is 31.9 Å². The third kappa shape index (κ3) is 4.41. The van der Waals surface area contributed by atoms with E-state index < -0.39 is 0 Å². The van der Waals surface area contributed by atoms with Gasteiger partial charge in [0.15, 0.2) is 0 Å². The van der Waals surface area contributed by atoms with Crippen molar-refractivity contribution in [1.29, 1.82) is 0 Å². The summed E-state index contributed by atoms with van der Waals surface area (Å²) in [5.41, 5.74) is 0.834. The molecular weight excluding hydrogens is 232 g/mol. The van der Waals surface area contributed by atoms with Crippen LogP contribution in [0, 0.1) is 0 Å². The molecule has 0 aromatic heterocycles. The lowest BCUT2D eigenvalue weighted by atomic mass is 10.1. The Hall–Kier alpha value is -2.10. The lowest BCUT2D eigenvalue weighted by Crippen LogP contribution is -2.08. The lowest BCUT2D eigenvalue weighted by molar-refractivity contribution is -0.146. The number of rotatable bonds is 5. The van der Waals surface area contributed by atoms with Gasteiger partial charge in [-0.3, -0.25) is 9.59 Å². The maximum absolute atomic E-state index is 11.0. The fraction of sp³-hybridized carbons (Fsp3) is 0.286. The Morgan fingerprint density at radius 3 is 2.28 bits per heavy atom. The van der Waals surface area contributed by atoms with E-state index in [9.17, 15) is 9.59 Å². The van der Waals surface area contributed by atoms with Crippen LogP contribution in [0.25, 0.3) is 0 Å². The molecule has 0 saturated carbocycles. The van der Waals surface area contributed by atoms with Crippen LogP contribution in [-0.4, -0.2) is 11.9 Å². The number of benzene rings is 1. The second-order valence-corrected chi connectivity index (χ2v) is 3.79. The highest BCUT2D eigenvalue weighted by Crippen LogP contribution is 2.24. The molecule has 1 aromatic rings. The van der Waals surface area contributed by atoms with E-state index >= 15 is 0 Å². The molecule has 1 rings (SSSR count). The molecule has 4 heteroatoms. The third-order valence-electron chi connectivity index (χ3n) is 2.20. The summed E-state index contributed by atoms with van der Waals surface area (Å²) in [6.45, 7) is 6.33. The van der Waals surface area contributed by atoms with Crippen LogP contribution in [0.4, 0.5) is 0 Å². The molecule has 0 bridgehead atoms. The largest absolute Gasteiger partial charge is 0.457 e. The molecule has 1 aromatic carbocycles. The Balaban J connectivity index is 2.82. The molecular formula is C14H16O4. The highest BCUT2D eigenvalue weighted by Gasteiger charge is 2.13. The maximum Gasteiger partial charge on any atom is 0.308 e. The average molecular weight is 248 g/mol. The van der Waals surface area contributed by atoms with Crippen LogP contribution in [0.2, 0.25) is 0 Å². The summed E-state index contributed by atoms with van der Waals surface area (Å²) < 4.78 is 10.1. The molecule has 0 radical (unpaired) electrons. The molecule has 0 N–H and O–H groups in total. The van der Waals surface area contributed by atoms with E-state index in [0.717, 1.165) is 5.56 Å². The number of carbonyl (C=O) groups excluding carboxylic acids is 2. The van der Waals surface area contributed by atoms with E-state index in [1.165, 1.54) is 13.8 Å². The van der Waals surface area contributed by atoms with Gasteiger partial charge in [-0.25, -0.2) is 0 Å². The second-order valence-electron chi connectivity index (χ2n) is 3.79. The Bertz CT molecular complexity index is 434. The SMILES string of the molecule is C=CC[C@H](OC(C)=O)c1ccc(OC(C)=O)cc1. The average Bonchev–Trinajstić information content (AvgIpc) is 2.28. The molecule has 0 fully saturated rings. The summed E-state index contributed by atoms with van der Waals surface area (Å²) >= 11 is 0. The van der Waals surface area contributed by atoms with Crippen LogP contribution < -0.4 is 4.74 Å². The zero-order chi connectivity index (χ0) is 13.5. The van der Waals surface area contributed by atoms with Crippen molar-refractivity contribution in [3.8, 4) is 5.75 Å². The highest BCUT2D eigenvalue weighted by atomic mass is 16.5. The predicted octanol–water partition coefficient (Wildman–Crippen LogP) is 2.79. The zero-order valence-electron chi connectivity index (χ0n) is 10.5. The van der Waals surface area contributed by atoms with Gasteiger partial charge in [-0.15, -0.1) is 6.58 Å². The van der Waals surface area contributed by atoms with E-state index in [1.54, 1.807) is 30.3 Å². The van der Waals surface area contributed by atoms with Crippen molar-refractivity contribution in [3.63, 3.8) is 0 Å². The van der Waals surface area contributed by atoms with Gasteiger partial charge in [0.05, 0.1) is 0 Å². The maximum atomic E-state index is 11.0. The van der Waals surface area contributed by atoms with Gasteiger partial charge in [-0.1, -0.05) is 18.2 Å². The lowest BCUT2D eigenvalue weighted by Gasteiger charge is -2.15. The first-order chi connectivity index (χ1) is 8.52. The summed E-state index contributed by atoms with van der Waals surface area (Å²) in [5.74, 6) is -0.247. The molecule has 4 nitrogen and oxygen atoms in total. The van der Waals surface area contributed by atoms with E-state index in [2.05, 4.69) is 6.58 Å². The number of carbonyl (C=O) groups is 2. The van der Waals surface area contributed by atoms with Crippen LogP contribution in [-0.2, 0) is 14.3 Å². The van der Waals surface area contributed by atoms with E-state index in [-0.39, 0.29) is 18.0 Å². The summed E-state index contributed by atoms with van der Waals surface area (Å²) in [6.07, 6.45) is 1.87. The molecule has 0 aliphatic rings. The number of hydrogen-bond acceptors (Lipinski definition) is 4. The predicted molar refractivity (Wildman–Crippen MR) is 67.1 cm³/mol. The molecule has 0 aliphatic carbocycles. The van der Waals surface area contributed by atoms with Crippen LogP contribution in [0.15, 0.2) is 36.9 Å². The molecule has 18 heavy (non-hydrogen) atoms. The van der Waals surface area contributed by atoms with Gasteiger partial charge in [-0.05, 0) is 17.7 Å². The molecule has 96 valence electrons. The van der Waals surface area contributed by atoms with Gasteiger partial charge >= 0.3 is 11.9 Å². The Kier molecular flexibility index (Phi) is 5.11. The van der Waals surface area contributed by atoms with Crippen LogP contribution in [0.5, 0.6) is 5.75 Å². The van der Waals surface area contributed by atoms with E-state index in [0.29, 0.717) is 12.2 Å². The van der Waals surface area contributed by atoms with Crippen molar-refractivity contribution in [1.82, 2.24) is 0 Å². The summed E-state index contributed by atoms with van der Waals surface area (Å²) in [7, 11) is 0. The van der Waals surface area contributed by atoms with Gasteiger partial charge in [-0.2, -0.15) is 0 Å². The number of hydrogen-bond donors (Lipinski definition) is 0. The van der Waals surface area contributed by atoms with Gasteiger partial charge in [0.25, 0.3) is 0 Å². The summed E-state index contributed by atoms with van der Waals surface area (Å²) in [4.78, 5) is 21.8. The van der Waals surface area contributed by atoms with Crippen molar-refractivity contribution in [3.05, 3.63) is 42.5 Å². The fourth-order valence-corrected chi connectivity index (χ4v) is 1.52. The van der Waals surface area contributed by atoms with Crippen molar-refractivity contribution >= 4 is 11.9 Å². The zero-order valence-corrected chi connectivity index (χ0v) is 10.5. The number of ether oxygens (including phenoxy) is 2. The quantitative estimate of drug-likeness (QED) is 0.457. The highest BCUT2D eigenvalue weighted by molar-refractivity contribution is 5.69. The minimum absolute atomic E-state index is 0.342. The Labute approximate surface area is 106 Å². The van der Waals surface area contributed by atoms with Crippen molar-refractivity contribution in [2.24, 2.45) is 0 Å². The Morgan fingerprint density at radius 2 is 1.83 bits per heavy atom. The van der Waals surface area contributed by atoms with Crippen molar-refractivity contribution in [2.75, 3.05) is 0 Å².